The first-order valence-corrected chi connectivity index (χ1v) is 13.6. The number of carbonyl (C=O) groups is 2. The van der Waals surface area contributed by atoms with Crippen molar-refractivity contribution in [1.29, 1.82) is 0 Å². The van der Waals surface area contributed by atoms with E-state index in [1.54, 1.807) is 27.8 Å². The van der Waals surface area contributed by atoms with E-state index in [1.165, 1.54) is 12.1 Å². The van der Waals surface area contributed by atoms with Crippen molar-refractivity contribution in [2.75, 3.05) is 11.9 Å². The predicted octanol–water partition coefficient (Wildman–Crippen LogP) is 6.45. The molecule has 0 radical (unpaired) electrons. The summed E-state index contributed by atoms with van der Waals surface area (Å²) in [6.45, 7) is 0.221. The molecule has 6 rings (SSSR count). The van der Waals surface area contributed by atoms with Gasteiger partial charge in [0.2, 0.25) is 11.8 Å². The third-order valence-electron chi connectivity index (χ3n) is 7.32. The normalized spacial score (nSPS) is 15.7. The Balaban J connectivity index is 1.25. The summed E-state index contributed by atoms with van der Waals surface area (Å²) in [6, 6.07) is 37.0. The van der Waals surface area contributed by atoms with Gasteiger partial charge in [-0.05, 0) is 47.7 Å². The summed E-state index contributed by atoms with van der Waals surface area (Å²) in [5.41, 5.74) is 4.24. The topological polar surface area (TPSA) is 67.2 Å². The molecule has 2 amide bonds. The molecule has 4 aromatic carbocycles. The highest BCUT2D eigenvalue weighted by Gasteiger charge is 2.46. The summed E-state index contributed by atoms with van der Waals surface area (Å²) >= 11 is 0. The molecule has 0 aliphatic heterocycles. The molecule has 1 saturated carbocycles. The van der Waals surface area contributed by atoms with Gasteiger partial charge in [0.05, 0.1) is 11.4 Å². The maximum atomic E-state index is 13.7. The van der Waals surface area contributed by atoms with Gasteiger partial charge in [0.1, 0.15) is 18.2 Å². The maximum Gasteiger partial charge on any atom is 0.245 e. The fourth-order valence-electron chi connectivity index (χ4n) is 5.14. The molecule has 5 aromatic rings. The van der Waals surface area contributed by atoms with Gasteiger partial charge in [0.15, 0.2) is 0 Å². The van der Waals surface area contributed by atoms with E-state index in [9.17, 15) is 14.0 Å². The van der Waals surface area contributed by atoms with Gasteiger partial charge in [-0.2, -0.15) is 5.10 Å². The second-order valence-electron chi connectivity index (χ2n) is 10.3. The van der Waals surface area contributed by atoms with Crippen LogP contribution in [0.5, 0.6) is 0 Å². The van der Waals surface area contributed by atoms with Crippen LogP contribution in [0.1, 0.15) is 23.5 Å². The number of benzene rings is 4. The lowest BCUT2D eigenvalue weighted by Crippen LogP contribution is -2.39. The van der Waals surface area contributed by atoms with Crippen LogP contribution in [-0.4, -0.2) is 33.0 Å². The van der Waals surface area contributed by atoms with E-state index in [-0.39, 0.29) is 36.0 Å². The molecular weight excluding hydrogens is 515 g/mol. The Hall–Kier alpha value is -5.04. The Morgan fingerprint density at radius 3 is 2.17 bits per heavy atom. The number of aromatic nitrogens is 2. The Bertz CT molecular complexity index is 1640. The number of amides is 2. The quantitative estimate of drug-likeness (QED) is 0.232. The smallest absolute Gasteiger partial charge is 0.245 e. The Kier molecular flexibility index (Phi) is 7.41. The van der Waals surface area contributed by atoms with Gasteiger partial charge in [-0.25, -0.2) is 9.07 Å². The van der Waals surface area contributed by atoms with Crippen molar-refractivity contribution in [2.45, 2.75) is 18.9 Å². The summed E-state index contributed by atoms with van der Waals surface area (Å²) in [6.07, 6.45) is 0.771. The summed E-state index contributed by atoms with van der Waals surface area (Å²) in [7, 11) is 0. The van der Waals surface area contributed by atoms with Gasteiger partial charge >= 0.3 is 0 Å². The van der Waals surface area contributed by atoms with Crippen LogP contribution in [0.2, 0.25) is 0 Å². The number of hydrogen-bond donors (Lipinski definition) is 1. The van der Waals surface area contributed by atoms with Crippen LogP contribution in [0.15, 0.2) is 121 Å². The number of nitrogens with zero attached hydrogens (tertiary/aromatic N) is 3. The zero-order valence-corrected chi connectivity index (χ0v) is 22.4. The minimum Gasteiger partial charge on any atom is -0.329 e. The van der Waals surface area contributed by atoms with E-state index in [0.29, 0.717) is 23.7 Å². The van der Waals surface area contributed by atoms with Crippen molar-refractivity contribution < 1.29 is 14.0 Å². The third-order valence-corrected chi connectivity index (χ3v) is 7.32. The SMILES string of the molecule is O=C(CN(Cc1ccccc1)C(=O)[C@H]1C[C@H]1c1ccccc1)Nc1cc(-c2ccccc2)nn1-c1ccc(F)cc1. The molecule has 1 aromatic heterocycles. The molecule has 6 nitrogen and oxygen atoms in total. The van der Waals surface area contributed by atoms with E-state index in [0.717, 1.165) is 23.1 Å². The number of hydrogen-bond acceptors (Lipinski definition) is 3. The summed E-state index contributed by atoms with van der Waals surface area (Å²) in [4.78, 5) is 28.8. The number of carbonyl (C=O) groups excluding carboxylic acids is 2. The highest BCUT2D eigenvalue weighted by atomic mass is 19.1. The van der Waals surface area contributed by atoms with Crippen molar-refractivity contribution >= 4 is 17.6 Å². The number of rotatable bonds is 9. The van der Waals surface area contributed by atoms with Gasteiger partial charge in [0, 0.05) is 24.1 Å². The maximum absolute atomic E-state index is 13.7. The second-order valence-corrected chi connectivity index (χ2v) is 10.3. The van der Waals surface area contributed by atoms with Crippen molar-refractivity contribution in [3.05, 3.63) is 138 Å². The molecule has 2 atom stereocenters. The second kappa shape index (κ2) is 11.6. The van der Waals surface area contributed by atoms with Crippen molar-refractivity contribution in [2.24, 2.45) is 5.92 Å². The molecule has 0 bridgehead atoms. The predicted molar refractivity (Wildman–Crippen MR) is 157 cm³/mol. The van der Waals surface area contributed by atoms with Crippen LogP contribution in [0, 0.1) is 11.7 Å². The molecule has 1 heterocycles. The molecule has 1 N–H and O–H groups in total. The highest BCUT2D eigenvalue weighted by Crippen LogP contribution is 2.48. The number of anilines is 1. The Morgan fingerprint density at radius 2 is 1.49 bits per heavy atom. The van der Waals surface area contributed by atoms with Gasteiger partial charge in [-0.15, -0.1) is 0 Å². The Labute approximate surface area is 238 Å². The summed E-state index contributed by atoms with van der Waals surface area (Å²) < 4.78 is 15.2. The lowest BCUT2D eigenvalue weighted by molar-refractivity contribution is -0.136. The fourth-order valence-corrected chi connectivity index (χ4v) is 5.14. The van der Waals surface area contributed by atoms with Crippen LogP contribution in [0.4, 0.5) is 10.2 Å². The van der Waals surface area contributed by atoms with Crippen molar-refractivity contribution in [3.63, 3.8) is 0 Å². The first-order chi connectivity index (χ1) is 20.0. The van der Waals surface area contributed by atoms with Crippen LogP contribution < -0.4 is 5.32 Å². The van der Waals surface area contributed by atoms with Crippen LogP contribution in [0.25, 0.3) is 16.9 Å². The van der Waals surface area contributed by atoms with E-state index in [4.69, 9.17) is 5.10 Å². The van der Waals surface area contributed by atoms with Gasteiger partial charge in [0.25, 0.3) is 0 Å². The largest absolute Gasteiger partial charge is 0.329 e. The molecule has 1 aliphatic rings. The molecule has 1 aliphatic carbocycles. The molecule has 7 heteroatoms. The van der Waals surface area contributed by atoms with E-state index < -0.39 is 0 Å². The summed E-state index contributed by atoms with van der Waals surface area (Å²) in [5.74, 6) is -0.287. The molecule has 0 spiro atoms. The minimum atomic E-state index is -0.362. The van der Waals surface area contributed by atoms with Gasteiger partial charge < -0.3 is 10.2 Å². The molecule has 204 valence electrons. The molecule has 1 fully saturated rings. The lowest BCUT2D eigenvalue weighted by atomic mass is 10.1. The molecule has 0 saturated heterocycles. The standard InChI is InChI=1S/C34H29FN4O2/c35-27-16-18-28(19-17-27)39-32(21-31(37-39)26-14-8-3-9-15-26)36-33(40)23-38(22-24-10-4-1-5-11-24)34(41)30-20-29(30)25-12-6-2-7-13-25/h1-19,21,29-30H,20,22-23H2,(H,36,40)/t29-,30-/m0/s1. The average molecular weight is 545 g/mol. The van der Waals surface area contributed by atoms with Crippen molar-refractivity contribution in [1.82, 2.24) is 14.7 Å². The Morgan fingerprint density at radius 1 is 0.854 bits per heavy atom. The first-order valence-electron chi connectivity index (χ1n) is 13.6. The van der Waals surface area contributed by atoms with Crippen molar-refractivity contribution in [3.8, 4) is 16.9 Å². The van der Waals surface area contributed by atoms with E-state index in [2.05, 4.69) is 5.32 Å². The highest BCUT2D eigenvalue weighted by molar-refractivity contribution is 5.95. The zero-order chi connectivity index (χ0) is 28.2. The average Bonchev–Trinajstić information content (AvgIpc) is 3.71. The van der Waals surface area contributed by atoms with Gasteiger partial charge in [-0.1, -0.05) is 91.0 Å². The van der Waals surface area contributed by atoms with Gasteiger partial charge in [-0.3, -0.25) is 9.59 Å². The summed E-state index contributed by atoms with van der Waals surface area (Å²) in [5, 5.41) is 7.66. The van der Waals surface area contributed by atoms with Crippen LogP contribution >= 0.6 is 0 Å². The molecule has 41 heavy (non-hydrogen) atoms. The minimum absolute atomic E-state index is 0.0325. The van der Waals surface area contributed by atoms with E-state index in [1.807, 2.05) is 91.0 Å². The fraction of sp³-hybridized carbons (Fsp3) is 0.147. The zero-order valence-electron chi connectivity index (χ0n) is 22.4. The van der Waals surface area contributed by atoms with Crippen LogP contribution in [0.3, 0.4) is 0 Å². The first kappa shape index (κ1) is 26.2. The van der Waals surface area contributed by atoms with E-state index >= 15 is 0 Å². The monoisotopic (exact) mass is 544 g/mol. The number of nitrogens with one attached hydrogen (secondary N) is 1. The molecule has 0 unspecified atom stereocenters. The number of halogens is 1. The molecular formula is C34H29FN4O2. The lowest BCUT2D eigenvalue weighted by Gasteiger charge is -2.23. The third kappa shape index (κ3) is 6.09. The van der Waals surface area contributed by atoms with Crippen LogP contribution in [-0.2, 0) is 16.1 Å².